The predicted molar refractivity (Wildman–Crippen MR) is 144 cm³/mol. The van der Waals surface area contributed by atoms with Crippen LogP contribution in [0.2, 0.25) is 5.02 Å². The van der Waals surface area contributed by atoms with Crippen molar-refractivity contribution < 1.29 is 28.9 Å². The lowest BCUT2D eigenvalue weighted by molar-refractivity contribution is 0.00194. The molecule has 0 unspecified atom stereocenters. The van der Waals surface area contributed by atoms with Gasteiger partial charge in [0.2, 0.25) is 0 Å². The van der Waals surface area contributed by atoms with E-state index in [1.165, 1.54) is 12.1 Å². The van der Waals surface area contributed by atoms with Crippen LogP contribution in [0.4, 0.5) is 9.18 Å². The average Bonchev–Trinajstić information content (AvgIpc) is 2.85. The molecule has 0 saturated carbocycles. The van der Waals surface area contributed by atoms with Crippen molar-refractivity contribution in [2.24, 2.45) is 0 Å². The number of carboxylic acid groups (broad SMARTS) is 1. The molecule has 3 aromatic rings. The summed E-state index contributed by atoms with van der Waals surface area (Å²) in [6, 6.07) is 16.6. The molecular weight excluding hydrogens is 509 g/mol. The van der Waals surface area contributed by atoms with Crippen LogP contribution in [0.5, 0.6) is 0 Å². The number of aliphatic hydroxyl groups is 1. The van der Waals surface area contributed by atoms with Crippen LogP contribution >= 0.6 is 11.6 Å². The van der Waals surface area contributed by atoms with E-state index in [2.05, 4.69) is 0 Å². The predicted octanol–water partition coefficient (Wildman–Crippen LogP) is 6.67. The number of carbonyl (C=O) groups is 2. The van der Waals surface area contributed by atoms with Gasteiger partial charge in [0, 0.05) is 11.1 Å². The van der Waals surface area contributed by atoms with Crippen molar-refractivity contribution in [1.29, 1.82) is 0 Å². The van der Waals surface area contributed by atoms with E-state index in [1.54, 1.807) is 56.0 Å². The van der Waals surface area contributed by atoms with Crippen LogP contribution in [0.25, 0.3) is 11.1 Å². The second kappa shape index (κ2) is 11.1. The third-order valence-electron chi connectivity index (χ3n) is 6.63. The molecule has 3 aromatic carbocycles. The number of benzene rings is 3. The zero-order chi connectivity index (χ0) is 27.6. The Balaban J connectivity index is 1.60. The first kappa shape index (κ1) is 27.6. The van der Waals surface area contributed by atoms with E-state index in [4.69, 9.17) is 21.4 Å². The summed E-state index contributed by atoms with van der Waals surface area (Å²) in [6.45, 7) is 5.46. The highest BCUT2D eigenvalue weighted by Gasteiger charge is 2.33. The Bertz CT molecular complexity index is 1340. The number of carbonyl (C=O) groups excluding carboxylic acids is 1. The lowest BCUT2D eigenvalue weighted by atomic mass is 9.85. The maximum Gasteiger partial charge on any atom is 0.410 e. The number of aliphatic hydroxyl groups excluding tert-OH is 1. The van der Waals surface area contributed by atoms with Crippen molar-refractivity contribution in [2.75, 3.05) is 6.54 Å². The molecule has 1 amide bonds. The highest BCUT2D eigenvalue weighted by atomic mass is 35.5. The number of aryl methyl sites for hydroxylation is 1. The second-order valence-electron chi connectivity index (χ2n) is 10.6. The van der Waals surface area contributed by atoms with Gasteiger partial charge in [0.15, 0.2) is 0 Å². The number of amides is 1. The number of halogens is 2. The van der Waals surface area contributed by atoms with Gasteiger partial charge in [-0.3, -0.25) is 0 Å². The minimum absolute atomic E-state index is 0.0537. The van der Waals surface area contributed by atoms with E-state index in [0.29, 0.717) is 29.0 Å². The van der Waals surface area contributed by atoms with Crippen LogP contribution in [0.15, 0.2) is 60.7 Å². The first-order chi connectivity index (χ1) is 17.9. The second-order valence-corrected chi connectivity index (χ2v) is 11.0. The summed E-state index contributed by atoms with van der Waals surface area (Å²) < 4.78 is 20.0. The molecule has 0 bridgehead atoms. The molecule has 0 saturated heterocycles. The summed E-state index contributed by atoms with van der Waals surface area (Å²) in [7, 11) is 0. The number of rotatable bonds is 6. The molecule has 2 atom stereocenters. The van der Waals surface area contributed by atoms with E-state index in [1.807, 2.05) is 18.2 Å². The van der Waals surface area contributed by atoms with Crippen LogP contribution in [0, 0.1) is 5.82 Å². The molecule has 0 spiro atoms. The molecule has 0 aromatic heterocycles. The van der Waals surface area contributed by atoms with Gasteiger partial charge < -0.3 is 19.8 Å². The molecule has 1 aliphatic rings. The Morgan fingerprint density at radius 3 is 2.34 bits per heavy atom. The quantitative estimate of drug-likeness (QED) is 0.365. The van der Waals surface area contributed by atoms with E-state index in [0.717, 1.165) is 23.1 Å². The molecular formula is C30H31ClFNO5. The Morgan fingerprint density at radius 1 is 1.05 bits per heavy atom. The first-order valence-electron chi connectivity index (χ1n) is 12.5. The summed E-state index contributed by atoms with van der Waals surface area (Å²) in [5.41, 5.74) is 3.04. The molecule has 200 valence electrons. The zero-order valence-electron chi connectivity index (χ0n) is 21.6. The van der Waals surface area contributed by atoms with Crippen molar-refractivity contribution in [3.63, 3.8) is 0 Å². The van der Waals surface area contributed by atoms with E-state index >= 15 is 0 Å². The molecule has 0 aliphatic heterocycles. The number of hydrogen-bond acceptors (Lipinski definition) is 4. The number of nitrogens with zero attached hydrogens (tertiary/aromatic N) is 1. The molecule has 0 fully saturated rings. The number of ether oxygens (including phenoxy) is 1. The lowest BCUT2D eigenvalue weighted by Gasteiger charge is -2.37. The SMILES string of the molecule is CC(C)(C)OC(=O)N(C[C@H](O)c1ccc(Cl)cc1)[C@H]1CCc2ccc(-c3ccc(C(=O)O)c(F)c3)cc2C1. The summed E-state index contributed by atoms with van der Waals surface area (Å²) in [4.78, 5) is 26.1. The Kier molecular flexibility index (Phi) is 8.09. The van der Waals surface area contributed by atoms with Gasteiger partial charge in [0.05, 0.1) is 18.2 Å². The van der Waals surface area contributed by atoms with E-state index in [-0.39, 0.29) is 18.2 Å². The van der Waals surface area contributed by atoms with Gasteiger partial charge in [-0.2, -0.15) is 0 Å². The van der Waals surface area contributed by atoms with Gasteiger partial charge in [-0.15, -0.1) is 0 Å². The average molecular weight is 540 g/mol. The highest BCUT2D eigenvalue weighted by molar-refractivity contribution is 6.30. The fourth-order valence-corrected chi connectivity index (χ4v) is 4.85. The largest absolute Gasteiger partial charge is 0.478 e. The normalized spacial score (nSPS) is 15.9. The Hall–Kier alpha value is -3.42. The summed E-state index contributed by atoms with van der Waals surface area (Å²) >= 11 is 5.99. The van der Waals surface area contributed by atoms with Crippen LogP contribution < -0.4 is 0 Å². The summed E-state index contributed by atoms with van der Waals surface area (Å²) in [5, 5.41) is 20.6. The molecule has 6 nitrogen and oxygen atoms in total. The van der Waals surface area contributed by atoms with Gasteiger partial charge in [0.25, 0.3) is 0 Å². The van der Waals surface area contributed by atoms with Gasteiger partial charge in [-0.05, 0) is 92.1 Å². The van der Waals surface area contributed by atoms with Gasteiger partial charge in [-0.25, -0.2) is 14.0 Å². The standard InChI is InChI=1S/C30H31ClFNO5/c1-30(2,3)38-29(37)33(17-27(34)19-6-10-23(31)11-7-19)24-12-8-18-4-5-20(14-22(18)15-24)21-9-13-25(28(35)36)26(32)16-21/h4-7,9-11,13-14,16,24,27,34H,8,12,15,17H2,1-3H3,(H,35,36)/t24-,27-/m0/s1. The Morgan fingerprint density at radius 2 is 1.71 bits per heavy atom. The van der Waals surface area contributed by atoms with Crippen molar-refractivity contribution in [3.05, 3.63) is 93.8 Å². The molecule has 0 heterocycles. The van der Waals surface area contributed by atoms with Crippen molar-refractivity contribution >= 4 is 23.7 Å². The van der Waals surface area contributed by atoms with Crippen LogP contribution in [-0.2, 0) is 17.6 Å². The monoisotopic (exact) mass is 539 g/mol. The smallest absolute Gasteiger partial charge is 0.410 e. The topological polar surface area (TPSA) is 87.1 Å². The van der Waals surface area contributed by atoms with Crippen LogP contribution in [0.1, 0.15) is 60.3 Å². The summed E-state index contributed by atoms with van der Waals surface area (Å²) in [6.07, 6.45) is 0.527. The lowest BCUT2D eigenvalue weighted by Crippen LogP contribution is -2.47. The number of aromatic carboxylic acids is 1. The van der Waals surface area contributed by atoms with E-state index < -0.39 is 29.6 Å². The van der Waals surface area contributed by atoms with Crippen molar-refractivity contribution in [1.82, 2.24) is 4.90 Å². The van der Waals surface area contributed by atoms with Crippen LogP contribution in [-0.4, -0.2) is 45.4 Å². The first-order valence-corrected chi connectivity index (χ1v) is 12.9. The molecule has 0 radical (unpaired) electrons. The fraction of sp³-hybridized carbons (Fsp3) is 0.333. The number of hydrogen-bond donors (Lipinski definition) is 2. The number of carboxylic acids is 1. The highest BCUT2D eigenvalue weighted by Crippen LogP contribution is 2.32. The molecule has 4 rings (SSSR count). The summed E-state index contributed by atoms with van der Waals surface area (Å²) in [5.74, 6) is -2.11. The van der Waals surface area contributed by atoms with Gasteiger partial charge in [-0.1, -0.05) is 48.0 Å². The van der Waals surface area contributed by atoms with Crippen molar-refractivity contribution in [2.45, 2.75) is 57.8 Å². The Labute approximate surface area is 226 Å². The van der Waals surface area contributed by atoms with Gasteiger partial charge in [0.1, 0.15) is 11.4 Å². The molecule has 38 heavy (non-hydrogen) atoms. The minimum Gasteiger partial charge on any atom is -0.478 e. The zero-order valence-corrected chi connectivity index (χ0v) is 22.3. The fourth-order valence-electron chi connectivity index (χ4n) is 4.72. The maximum atomic E-state index is 14.3. The number of fused-ring (bicyclic) bond motifs is 1. The third-order valence-corrected chi connectivity index (χ3v) is 6.89. The third kappa shape index (κ3) is 6.52. The molecule has 1 aliphatic carbocycles. The molecule has 2 N–H and O–H groups in total. The van der Waals surface area contributed by atoms with Gasteiger partial charge >= 0.3 is 12.1 Å². The maximum absolute atomic E-state index is 14.3. The van der Waals surface area contributed by atoms with Crippen LogP contribution in [0.3, 0.4) is 0 Å². The van der Waals surface area contributed by atoms with Crippen molar-refractivity contribution in [3.8, 4) is 11.1 Å². The minimum atomic E-state index is -1.31. The van der Waals surface area contributed by atoms with E-state index in [9.17, 15) is 19.1 Å². The molecule has 8 heteroatoms.